The van der Waals surface area contributed by atoms with E-state index in [1.54, 1.807) is 0 Å². The monoisotopic (exact) mass is 254 g/mol. The molecule has 1 aromatic heterocycles. The predicted octanol–water partition coefficient (Wildman–Crippen LogP) is -0.803. The van der Waals surface area contributed by atoms with E-state index in [9.17, 15) is 14.4 Å². The van der Waals surface area contributed by atoms with E-state index in [0.29, 0.717) is 6.42 Å². The summed E-state index contributed by atoms with van der Waals surface area (Å²) in [4.78, 5) is 38.1. The van der Waals surface area contributed by atoms with Crippen LogP contribution in [0.25, 0.3) is 0 Å². The summed E-state index contributed by atoms with van der Waals surface area (Å²) in [5.74, 6) is -0.297. The van der Waals surface area contributed by atoms with Gasteiger partial charge in [-0.3, -0.25) is 14.6 Å². The lowest BCUT2D eigenvalue weighted by atomic mass is 10.1. The molecule has 1 aromatic rings. The van der Waals surface area contributed by atoms with Gasteiger partial charge in [0.25, 0.3) is 5.56 Å². The standard InChI is InChI=1S/C11H18N4O3/c1-2-3-4-8(12)10(17)13-5-7-6-14-11(18)15-9(7)16/h6,8H,2-5,12H2,1H3,(H,13,17)(H2,14,15,16,18). The van der Waals surface area contributed by atoms with E-state index in [1.165, 1.54) is 6.20 Å². The summed E-state index contributed by atoms with van der Waals surface area (Å²) in [7, 11) is 0. The molecule has 0 spiro atoms. The van der Waals surface area contributed by atoms with Gasteiger partial charge < -0.3 is 16.0 Å². The second-order valence-electron chi connectivity index (χ2n) is 4.06. The van der Waals surface area contributed by atoms with E-state index in [-0.39, 0.29) is 18.0 Å². The number of aromatic amines is 2. The molecule has 1 amide bonds. The van der Waals surface area contributed by atoms with Crippen molar-refractivity contribution in [3.8, 4) is 0 Å². The van der Waals surface area contributed by atoms with Crippen LogP contribution in [-0.2, 0) is 11.3 Å². The Morgan fingerprint density at radius 1 is 1.50 bits per heavy atom. The predicted molar refractivity (Wildman–Crippen MR) is 67.0 cm³/mol. The van der Waals surface area contributed by atoms with Gasteiger partial charge in [0.05, 0.1) is 11.6 Å². The highest BCUT2D eigenvalue weighted by Crippen LogP contribution is 1.98. The number of hydrogen-bond donors (Lipinski definition) is 4. The Balaban J connectivity index is 2.52. The first-order chi connectivity index (χ1) is 8.54. The largest absolute Gasteiger partial charge is 0.350 e. The van der Waals surface area contributed by atoms with E-state index in [2.05, 4.69) is 15.3 Å². The number of nitrogens with one attached hydrogen (secondary N) is 3. The van der Waals surface area contributed by atoms with Crippen LogP contribution >= 0.6 is 0 Å². The number of H-pyrrole nitrogens is 2. The zero-order valence-electron chi connectivity index (χ0n) is 10.3. The van der Waals surface area contributed by atoms with Gasteiger partial charge in [0.2, 0.25) is 5.91 Å². The molecule has 0 saturated carbocycles. The third kappa shape index (κ3) is 4.17. The van der Waals surface area contributed by atoms with Crippen LogP contribution in [0, 0.1) is 0 Å². The first-order valence-corrected chi connectivity index (χ1v) is 5.88. The van der Waals surface area contributed by atoms with Gasteiger partial charge in [-0.2, -0.15) is 0 Å². The number of carbonyl (C=O) groups excluding carboxylic acids is 1. The molecule has 1 heterocycles. The minimum atomic E-state index is -0.574. The number of aromatic nitrogens is 2. The van der Waals surface area contributed by atoms with Crippen molar-refractivity contribution in [2.75, 3.05) is 0 Å². The van der Waals surface area contributed by atoms with E-state index in [0.717, 1.165) is 12.8 Å². The average molecular weight is 254 g/mol. The van der Waals surface area contributed by atoms with Crippen LogP contribution in [0.5, 0.6) is 0 Å². The van der Waals surface area contributed by atoms with Gasteiger partial charge in [0, 0.05) is 12.7 Å². The third-order valence-corrected chi connectivity index (χ3v) is 2.55. The fourth-order valence-corrected chi connectivity index (χ4v) is 1.44. The van der Waals surface area contributed by atoms with Crippen molar-refractivity contribution in [3.63, 3.8) is 0 Å². The quantitative estimate of drug-likeness (QED) is 0.531. The highest BCUT2D eigenvalue weighted by atomic mass is 16.2. The van der Waals surface area contributed by atoms with Gasteiger partial charge in [-0.15, -0.1) is 0 Å². The van der Waals surface area contributed by atoms with Gasteiger partial charge in [-0.1, -0.05) is 19.8 Å². The van der Waals surface area contributed by atoms with E-state index < -0.39 is 17.3 Å². The van der Waals surface area contributed by atoms with Crippen molar-refractivity contribution in [2.24, 2.45) is 5.73 Å². The van der Waals surface area contributed by atoms with Gasteiger partial charge in [-0.25, -0.2) is 4.79 Å². The molecule has 7 heteroatoms. The molecule has 1 rings (SSSR count). The molecule has 0 saturated heterocycles. The second kappa shape index (κ2) is 6.75. The Kier molecular flexibility index (Phi) is 5.31. The summed E-state index contributed by atoms with van der Waals surface area (Å²) in [6, 6.07) is -0.563. The molecular weight excluding hydrogens is 236 g/mol. The Labute approximate surface area is 104 Å². The minimum Gasteiger partial charge on any atom is -0.350 e. The number of amides is 1. The number of unbranched alkanes of at least 4 members (excludes halogenated alkanes) is 1. The van der Waals surface area contributed by atoms with Crippen LogP contribution in [-0.4, -0.2) is 21.9 Å². The molecule has 1 unspecified atom stereocenters. The molecule has 0 radical (unpaired) electrons. The van der Waals surface area contributed by atoms with Gasteiger partial charge >= 0.3 is 5.69 Å². The Bertz CT molecular complexity index is 506. The van der Waals surface area contributed by atoms with Gasteiger partial charge in [0.15, 0.2) is 0 Å². The first kappa shape index (κ1) is 14.2. The number of nitrogens with two attached hydrogens (primary N) is 1. The fourth-order valence-electron chi connectivity index (χ4n) is 1.44. The smallest absolute Gasteiger partial charge is 0.325 e. The molecule has 0 aliphatic heterocycles. The average Bonchev–Trinajstić information content (AvgIpc) is 2.34. The van der Waals surface area contributed by atoms with Crippen LogP contribution in [0.2, 0.25) is 0 Å². The summed E-state index contributed by atoms with van der Waals surface area (Å²) in [5.41, 5.74) is 4.87. The van der Waals surface area contributed by atoms with Crippen LogP contribution < -0.4 is 22.3 Å². The normalized spacial score (nSPS) is 12.1. The summed E-state index contributed by atoms with van der Waals surface area (Å²) < 4.78 is 0. The fraction of sp³-hybridized carbons (Fsp3) is 0.545. The molecule has 18 heavy (non-hydrogen) atoms. The summed E-state index contributed by atoms with van der Waals surface area (Å²) >= 11 is 0. The minimum absolute atomic E-state index is 0.0464. The molecule has 0 aliphatic carbocycles. The van der Waals surface area contributed by atoms with Crippen molar-refractivity contribution in [3.05, 3.63) is 32.6 Å². The van der Waals surface area contributed by atoms with Crippen molar-refractivity contribution in [2.45, 2.75) is 38.8 Å². The maximum atomic E-state index is 11.6. The molecule has 5 N–H and O–H groups in total. The van der Waals surface area contributed by atoms with E-state index in [1.807, 2.05) is 6.92 Å². The van der Waals surface area contributed by atoms with Gasteiger partial charge in [0.1, 0.15) is 0 Å². The van der Waals surface area contributed by atoms with Crippen LogP contribution in [0.1, 0.15) is 31.7 Å². The highest BCUT2D eigenvalue weighted by Gasteiger charge is 2.12. The summed E-state index contributed by atoms with van der Waals surface area (Å²) in [6.07, 6.45) is 3.75. The van der Waals surface area contributed by atoms with Crippen LogP contribution in [0.4, 0.5) is 0 Å². The number of carbonyl (C=O) groups is 1. The van der Waals surface area contributed by atoms with Crippen molar-refractivity contribution in [1.29, 1.82) is 0 Å². The molecule has 0 aliphatic rings. The summed E-state index contributed by atoms with van der Waals surface area (Å²) in [6.45, 7) is 2.06. The third-order valence-electron chi connectivity index (χ3n) is 2.55. The SMILES string of the molecule is CCCCC(N)C(=O)NCc1c[nH]c(=O)[nH]c1=O. The molecule has 1 atom stereocenters. The zero-order valence-corrected chi connectivity index (χ0v) is 10.3. The second-order valence-corrected chi connectivity index (χ2v) is 4.06. The van der Waals surface area contributed by atoms with Gasteiger partial charge in [-0.05, 0) is 6.42 Å². The van der Waals surface area contributed by atoms with Crippen molar-refractivity contribution >= 4 is 5.91 Å². The number of rotatable bonds is 6. The molecule has 0 aromatic carbocycles. The molecule has 100 valence electrons. The van der Waals surface area contributed by atoms with Crippen molar-refractivity contribution < 1.29 is 4.79 Å². The first-order valence-electron chi connectivity index (χ1n) is 5.88. The highest BCUT2D eigenvalue weighted by molar-refractivity contribution is 5.81. The molecule has 0 bridgehead atoms. The number of hydrogen-bond acceptors (Lipinski definition) is 4. The molecular formula is C11H18N4O3. The molecule has 0 fully saturated rings. The van der Waals surface area contributed by atoms with E-state index >= 15 is 0 Å². The Morgan fingerprint density at radius 2 is 2.22 bits per heavy atom. The van der Waals surface area contributed by atoms with Crippen molar-refractivity contribution in [1.82, 2.24) is 15.3 Å². The maximum Gasteiger partial charge on any atom is 0.325 e. The Hall–Kier alpha value is -1.89. The Morgan fingerprint density at radius 3 is 2.83 bits per heavy atom. The topological polar surface area (TPSA) is 121 Å². The lowest BCUT2D eigenvalue weighted by Crippen LogP contribution is -2.41. The maximum absolute atomic E-state index is 11.6. The van der Waals surface area contributed by atoms with E-state index in [4.69, 9.17) is 5.73 Å². The lowest BCUT2D eigenvalue weighted by Gasteiger charge is -2.11. The van der Waals surface area contributed by atoms with Crippen LogP contribution in [0.3, 0.4) is 0 Å². The molecule has 7 nitrogen and oxygen atoms in total. The zero-order chi connectivity index (χ0) is 13.5. The van der Waals surface area contributed by atoms with Crippen LogP contribution in [0.15, 0.2) is 15.8 Å². The summed E-state index contributed by atoms with van der Waals surface area (Å²) in [5, 5.41) is 2.56. The lowest BCUT2D eigenvalue weighted by molar-refractivity contribution is -0.122.